The van der Waals surface area contributed by atoms with Gasteiger partial charge in [0.05, 0.1) is 0 Å². The molecule has 0 saturated carbocycles. The van der Waals surface area contributed by atoms with Crippen LogP contribution in [0.5, 0.6) is 0 Å². The SMILES string of the molecule is CN=C(NCCc1ccc(F)cc1)NCCc1ccncc1C. The molecule has 23 heavy (non-hydrogen) atoms. The summed E-state index contributed by atoms with van der Waals surface area (Å²) in [5.74, 6) is 0.574. The van der Waals surface area contributed by atoms with Crippen LogP contribution in [0.4, 0.5) is 4.39 Å². The largest absolute Gasteiger partial charge is 0.356 e. The van der Waals surface area contributed by atoms with E-state index in [1.54, 1.807) is 19.2 Å². The number of halogens is 1. The molecule has 0 aliphatic carbocycles. The van der Waals surface area contributed by atoms with Gasteiger partial charge < -0.3 is 10.6 Å². The molecule has 0 amide bonds. The second kappa shape index (κ2) is 8.88. The van der Waals surface area contributed by atoms with Gasteiger partial charge in [-0.2, -0.15) is 0 Å². The number of aliphatic imine (C=N–C) groups is 1. The summed E-state index contributed by atoms with van der Waals surface area (Å²) in [5.41, 5.74) is 3.59. The lowest BCUT2D eigenvalue weighted by molar-refractivity contribution is 0.626. The Morgan fingerprint density at radius 1 is 1.09 bits per heavy atom. The molecular formula is C18H23FN4. The number of hydrogen-bond donors (Lipinski definition) is 2. The van der Waals surface area contributed by atoms with E-state index in [0.717, 1.165) is 37.5 Å². The van der Waals surface area contributed by atoms with Crippen molar-refractivity contribution in [1.82, 2.24) is 15.6 Å². The highest BCUT2D eigenvalue weighted by molar-refractivity contribution is 5.79. The van der Waals surface area contributed by atoms with Gasteiger partial charge in [-0.1, -0.05) is 12.1 Å². The highest BCUT2D eigenvalue weighted by Crippen LogP contribution is 2.05. The highest BCUT2D eigenvalue weighted by Gasteiger charge is 2.00. The van der Waals surface area contributed by atoms with E-state index < -0.39 is 0 Å². The quantitative estimate of drug-likeness (QED) is 0.636. The first-order valence-corrected chi connectivity index (χ1v) is 7.77. The van der Waals surface area contributed by atoms with Gasteiger partial charge in [-0.15, -0.1) is 0 Å². The highest BCUT2D eigenvalue weighted by atomic mass is 19.1. The predicted molar refractivity (Wildman–Crippen MR) is 92.1 cm³/mol. The van der Waals surface area contributed by atoms with E-state index in [9.17, 15) is 4.39 Å². The van der Waals surface area contributed by atoms with Crippen LogP contribution in [0, 0.1) is 12.7 Å². The lowest BCUT2D eigenvalue weighted by Gasteiger charge is -2.12. The first kappa shape index (κ1) is 16.9. The summed E-state index contributed by atoms with van der Waals surface area (Å²) in [6.45, 7) is 3.62. The van der Waals surface area contributed by atoms with Crippen LogP contribution in [0.15, 0.2) is 47.7 Å². The van der Waals surface area contributed by atoms with Crippen LogP contribution in [0.3, 0.4) is 0 Å². The Hall–Kier alpha value is -2.43. The molecule has 0 aliphatic heterocycles. The van der Waals surface area contributed by atoms with Crippen LogP contribution in [-0.4, -0.2) is 31.1 Å². The summed E-state index contributed by atoms with van der Waals surface area (Å²) in [6.07, 6.45) is 5.45. The van der Waals surface area contributed by atoms with Crippen molar-refractivity contribution in [2.24, 2.45) is 4.99 Å². The van der Waals surface area contributed by atoms with Crippen molar-refractivity contribution in [2.45, 2.75) is 19.8 Å². The Morgan fingerprint density at radius 2 is 1.78 bits per heavy atom. The van der Waals surface area contributed by atoms with E-state index in [2.05, 4.69) is 27.5 Å². The monoisotopic (exact) mass is 314 g/mol. The Kier molecular flexibility index (Phi) is 6.54. The Balaban J connectivity index is 1.71. The maximum Gasteiger partial charge on any atom is 0.190 e. The Labute approximate surface area is 136 Å². The minimum atomic E-state index is -0.203. The van der Waals surface area contributed by atoms with Gasteiger partial charge in [0.15, 0.2) is 5.96 Å². The third-order valence-corrected chi connectivity index (χ3v) is 3.67. The number of aromatic nitrogens is 1. The first-order valence-electron chi connectivity index (χ1n) is 7.77. The minimum absolute atomic E-state index is 0.203. The van der Waals surface area contributed by atoms with Gasteiger partial charge in [-0.3, -0.25) is 9.98 Å². The summed E-state index contributed by atoms with van der Waals surface area (Å²) in [7, 11) is 1.75. The molecule has 0 saturated heterocycles. The van der Waals surface area contributed by atoms with E-state index >= 15 is 0 Å². The van der Waals surface area contributed by atoms with E-state index in [0.29, 0.717) is 0 Å². The average molecular weight is 314 g/mol. The number of guanidine groups is 1. The van der Waals surface area contributed by atoms with Crippen molar-refractivity contribution in [3.63, 3.8) is 0 Å². The topological polar surface area (TPSA) is 49.3 Å². The van der Waals surface area contributed by atoms with Crippen LogP contribution >= 0.6 is 0 Å². The molecule has 0 aliphatic rings. The number of aryl methyl sites for hydroxylation is 1. The molecule has 1 heterocycles. The molecule has 2 rings (SSSR count). The summed E-state index contributed by atoms with van der Waals surface area (Å²) in [6, 6.07) is 8.62. The third kappa shape index (κ3) is 5.70. The molecule has 2 N–H and O–H groups in total. The Morgan fingerprint density at radius 3 is 2.43 bits per heavy atom. The van der Waals surface area contributed by atoms with Gasteiger partial charge in [-0.05, 0) is 54.7 Å². The normalized spacial score (nSPS) is 11.3. The smallest absolute Gasteiger partial charge is 0.190 e. The second-order valence-electron chi connectivity index (χ2n) is 5.35. The molecule has 0 unspecified atom stereocenters. The molecule has 1 aromatic heterocycles. The predicted octanol–water partition coefficient (Wildman–Crippen LogP) is 2.48. The Bertz CT molecular complexity index is 638. The van der Waals surface area contributed by atoms with E-state index in [1.807, 2.05) is 18.5 Å². The van der Waals surface area contributed by atoms with Crippen LogP contribution in [0.1, 0.15) is 16.7 Å². The van der Waals surface area contributed by atoms with E-state index in [4.69, 9.17) is 0 Å². The fraction of sp³-hybridized carbons (Fsp3) is 0.333. The molecule has 5 heteroatoms. The average Bonchev–Trinajstić information content (AvgIpc) is 2.57. The zero-order valence-corrected chi connectivity index (χ0v) is 13.6. The summed E-state index contributed by atoms with van der Waals surface area (Å²) < 4.78 is 12.9. The number of rotatable bonds is 6. The molecular weight excluding hydrogens is 291 g/mol. The van der Waals surface area contributed by atoms with Crippen molar-refractivity contribution in [3.8, 4) is 0 Å². The van der Waals surface area contributed by atoms with E-state index in [-0.39, 0.29) is 5.82 Å². The van der Waals surface area contributed by atoms with Gasteiger partial charge in [0.1, 0.15) is 5.82 Å². The molecule has 0 spiro atoms. The molecule has 0 bridgehead atoms. The van der Waals surface area contributed by atoms with Crippen LogP contribution in [-0.2, 0) is 12.8 Å². The molecule has 4 nitrogen and oxygen atoms in total. The molecule has 122 valence electrons. The zero-order valence-electron chi connectivity index (χ0n) is 13.6. The number of nitrogens with one attached hydrogen (secondary N) is 2. The van der Waals surface area contributed by atoms with Crippen LogP contribution in [0.2, 0.25) is 0 Å². The minimum Gasteiger partial charge on any atom is -0.356 e. The maximum absolute atomic E-state index is 12.9. The van der Waals surface area contributed by atoms with Crippen LogP contribution < -0.4 is 10.6 Å². The fourth-order valence-electron chi connectivity index (χ4n) is 2.30. The fourth-order valence-corrected chi connectivity index (χ4v) is 2.30. The standard InChI is InChI=1S/C18H23FN4/c1-14-13-21-10-8-16(14)9-12-23-18(20-2)22-11-7-15-3-5-17(19)6-4-15/h3-6,8,10,13H,7,9,11-12H2,1-2H3,(H2,20,22,23). The molecule has 0 fully saturated rings. The summed E-state index contributed by atoms with van der Waals surface area (Å²) in [5, 5.41) is 6.57. The van der Waals surface area contributed by atoms with Crippen molar-refractivity contribution >= 4 is 5.96 Å². The molecule has 0 radical (unpaired) electrons. The second-order valence-corrected chi connectivity index (χ2v) is 5.35. The lowest BCUT2D eigenvalue weighted by Crippen LogP contribution is -2.39. The van der Waals surface area contributed by atoms with Gasteiger partial charge in [0, 0.05) is 32.5 Å². The first-order chi connectivity index (χ1) is 11.2. The molecule has 1 aromatic carbocycles. The maximum atomic E-state index is 12.9. The van der Waals surface area contributed by atoms with Gasteiger partial charge in [0.2, 0.25) is 0 Å². The van der Waals surface area contributed by atoms with Crippen molar-refractivity contribution in [3.05, 3.63) is 65.2 Å². The number of benzene rings is 1. The number of nitrogens with zero attached hydrogens (tertiary/aromatic N) is 2. The van der Waals surface area contributed by atoms with Crippen molar-refractivity contribution in [1.29, 1.82) is 0 Å². The zero-order chi connectivity index (χ0) is 16.5. The van der Waals surface area contributed by atoms with Gasteiger partial charge in [0.25, 0.3) is 0 Å². The number of hydrogen-bond acceptors (Lipinski definition) is 2. The molecule has 0 atom stereocenters. The lowest BCUT2D eigenvalue weighted by atomic mass is 10.1. The summed E-state index contributed by atoms with van der Waals surface area (Å²) in [4.78, 5) is 8.31. The number of pyridine rings is 1. The van der Waals surface area contributed by atoms with E-state index in [1.165, 1.54) is 23.3 Å². The van der Waals surface area contributed by atoms with Crippen LogP contribution in [0.25, 0.3) is 0 Å². The third-order valence-electron chi connectivity index (χ3n) is 3.67. The van der Waals surface area contributed by atoms with Crippen molar-refractivity contribution < 1.29 is 4.39 Å². The van der Waals surface area contributed by atoms with Gasteiger partial charge >= 0.3 is 0 Å². The molecule has 2 aromatic rings. The van der Waals surface area contributed by atoms with Gasteiger partial charge in [-0.25, -0.2) is 4.39 Å². The van der Waals surface area contributed by atoms with Crippen molar-refractivity contribution in [2.75, 3.05) is 20.1 Å². The summed E-state index contributed by atoms with van der Waals surface area (Å²) >= 11 is 0.